The average Bonchev–Trinajstić information content (AvgIpc) is 4.13. The molecular formula is C40H52BN11O5. The third kappa shape index (κ3) is 8.71. The predicted octanol–water partition coefficient (Wildman–Crippen LogP) is 1.62. The van der Waals surface area contributed by atoms with Gasteiger partial charge in [0.2, 0.25) is 5.91 Å². The van der Waals surface area contributed by atoms with Crippen molar-refractivity contribution in [2.45, 2.75) is 62.8 Å². The molecule has 300 valence electrons. The van der Waals surface area contributed by atoms with Crippen molar-refractivity contribution in [1.82, 2.24) is 35.2 Å². The lowest BCUT2D eigenvalue weighted by Gasteiger charge is -2.49. The number of nitrogens with two attached hydrogens (primary N) is 2. The summed E-state index contributed by atoms with van der Waals surface area (Å²) in [5, 5.41) is 25.1. The van der Waals surface area contributed by atoms with Crippen molar-refractivity contribution in [1.29, 1.82) is 0 Å². The maximum absolute atomic E-state index is 13.1. The van der Waals surface area contributed by atoms with E-state index >= 15 is 0 Å². The van der Waals surface area contributed by atoms with Gasteiger partial charge in [0.1, 0.15) is 30.7 Å². The first-order chi connectivity index (χ1) is 27.4. The predicted molar refractivity (Wildman–Crippen MR) is 216 cm³/mol. The molecule has 16 nitrogen and oxygen atoms in total. The molecule has 2 saturated carbocycles. The first kappa shape index (κ1) is 40.0. The second-order valence-corrected chi connectivity index (χ2v) is 15.5. The quantitative estimate of drug-likeness (QED) is 0.0670. The summed E-state index contributed by atoms with van der Waals surface area (Å²) in [7, 11) is 10.5. The number of aliphatic hydroxyl groups is 1. The van der Waals surface area contributed by atoms with Crippen molar-refractivity contribution in [2.24, 2.45) is 17.4 Å². The molecule has 0 spiro atoms. The van der Waals surface area contributed by atoms with Crippen LogP contribution in [-0.4, -0.2) is 115 Å². The number of hydrogen-bond acceptors (Lipinski definition) is 13. The Kier molecular flexibility index (Phi) is 11.7. The average molecular weight is 778 g/mol. The van der Waals surface area contributed by atoms with E-state index < -0.39 is 11.5 Å². The van der Waals surface area contributed by atoms with Gasteiger partial charge in [0.15, 0.2) is 6.29 Å². The molecule has 2 amide bonds. The largest absolute Gasteiger partial charge is 0.393 e. The van der Waals surface area contributed by atoms with E-state index in [9.17, 15) is 19.5 Å². The number of carbonyl (C=O) groups is 3. The number of nitrogens with one attached hydrogen (secondary N) is 3. The Morgan fingerprint density at radius 3 is 2.40 bits per heavy atom. The van der Waals surface area contributed by atoms with E-state index in [1.54, 1.807) is 23.1 Å². The zero-order valence-corrected chi connectivity index (χ0v) is 32.8. The van der Waals surface area contributed by atoms with Crippen LogP contribution in [0.1, 0.15) is 73.0 Å². The summed E-state index contributed by atoms with van der Waals surface area (Å²) in [5.74, 6) is -0.519. The highest BCUT2D eigenvalue weighted by Gasteiger charge is 2.44. The van der Waals surface area contributed by atoms with Crippen LogP contribution in [0, 0.1) is 5.92 Å². The number of para-hydroxylation sites is 1. The Bertz CT molecular complexity index is 2050. The fourth-order valence-corrected chi connectivity index (χ4v) is 7.40. The number of allylic oxidation sites excluding steroid dienone is 1. The van der Waals surface area contributed by atoms with Gasteiger partial charge in [-0.2, -0.15) is 5.10 Å². The maximum Gasteiger partial charge on any atom is 0.269 e. The molecule has 5 heterocycles. The number of anilines is 2. The van der Waals surface area contributed by atoms with Gasteiger partial charge >= 0.3 is 0 Å². The number of amides is 2. The number of carbonyl (C=O) groups excluding carboxylic acids is 3. The molecule has 1 aromatic carbocycles. The highest BCUT2D eigenvalue weighted by Crippen LogP contribution is 2.50. The number of aldehydes is 1. The van der Waals surface area contributed by atoms with Crippen LogP contribution in [0.5, 0.6) is 0 Å². The third-order valence-corrected chi connectivity index (χ3v) is 11.1. The lowest BCUT2D eigenvalue weighted by molar-refractivity contribution is -0.121. The number of morpholine rings is 1. The number of likely N-dealkylation sites (N-methyl/N-ethyl adjacent to an activating group) is 1. The lowest BCUT2D eigenvalue weighted by atomic mass is 9.82. The molecule has 2 unspecified atom stereocenters. The molecular weight excluding hydrogens is 725 g/mol. The third-order valence-electron chi connectivity index (χ3n) is 11.1. The fourth-order valence-electron chi connectivity index (χ4n) is 7.40. The molecule has 2 radical (unpaired) electrons. The number of ether oxygens (including phenoxy) is 1. The molecule has 5 aliphatic rings. The van der Waals surface area contributed by atoms with Gasteiger partial charge in [-0.05, 0) is 57.4 Å². The number of aromatic nitrogens is 3. The monoisotopic (exact) mass is 777 g/mol. The standard InChI is InChI=1S/C35H41BN10O4.C5H11NO/c1-3-27-32-24(15-39-46(32)22-16-45(17-22)35(36,50)28-9-4-6-21(18-47)40-28)23-7-5-8-25(31(23)44(27)2)42-26(30(38)34(49)41-20-12-13-20)14-29(37)43-33(48)19-10-11-19;1-6-2-4-7-5-3-6/h4-9,14-15,18-20,22,27,42,50H,3,10-13,16-17,37-38H2,1-2H3,(H,41,49)(H,43,48);2-5H2,1H3/b29-14+,30-26+;. The van der Waals surface area contributed by atoms with E-state index in [1.807, 2.05) is 36.1 Å². The van der Waals surface area contributed by atoms with Crippen LogP contribution in [0.2, 0.25) is 0 Å². The summed E-state index contributed by atoms with van der Waals surface area (Å²) in [6.07, 6.45) is 8.20. The smallest absolute Gasteiger partial charge is 0.269 e. The van der Waals surface area contributed by atoms with E-state index in [2.05, 4.69) is 44.7 Å². The van der Waals surface area contributed by atoms with Gasteiger partial charge in [-0.15, -0.1) is 0 Å². The van der Waals surface area contributed by atoms with Crippen LogP contribution in [0.4, 0.5) is 11.4 Å². The van der Waals surface area contributed by atoms with E-state index in [1.165, 1.54) is 6.08 Å². The van der Waals surface area contributed by atoms with Gasteiger partial charge in [-0.1, -0.05) is 25.1 Å². The van der Waals surface area contributed by atoms with Crippen molar-refractivity contribution >= 4 is 37.3 Å². The number of benzene rings is 1. The topological polar surface area (TPSA) is 209 Å². The zero-order chi connectivity index (χ0) is 40.4. The van der Waals surface area contributed by atoms with Gasteiger partial charge in [0.05, 0.1) is 60.0 Å². The molecule has 0 bridgehead atoms. The van der Waals surface area contributed by atoms with Crippen LogP contribution < -0.4 is 32.3 Å². The first-order valence-electron chi connectivity index (χ1n) is 19.6. The van der Waals surface area contributed by atoms with Crippen molar-refractivity contribution in [3.8, 4) is 11.1 Å². The highest BCUT2D eigenvalue weighted by atomic mass is 16.5. The maximum atomic E-state index is 13.1. The molecule has 17 heteroatoms. The highest BCUT2D eigenvalue weighted by molar-refractivity contribution is 6.14. The summed E-state index contributed by atoms with van der Waals surface area (Å²) >= 11 is 0. The van der Waals surface area contributed by atoms with Crippen LogP contribution >= 0.6 is 0 Å². The molecule has 2 aliphatic carbocycles. The van der Waals surface area contributed by atoms with Gasteiger partial charge in [0, 0.05) is 62.4 Å². The van der Waals surface area contributed by atoms with Crippen LogP contribution in [0.15, 0.2) is 65.9 Å². The van der Waals surface area contributed by atoms with Gasteiger partial charge in [-0.25, -0.2) is 4.98 Å². The minimum atomic E-state index is -1.85. The molecule has 3 aliphatic heterocycles. The molecule has 2 aromatic heterocycles. The molecule has 3 aromatic rings. The molecule has 8 rings (SSSR count). The Morgan fingerprint density at radius 2 is 1.77 bits per heavy atom. The Balaban J connectivity index is 0.000000641. The normalized spacial score (nSPS) is 21.4. The number of pyridine rings is 1. The first-order valence-corrected chi connectivity index (χ1v) is 19.6. The summed E-state index contributed by atoms with van der Waals surface area (Å²) in [6.45, 7) is 6.97. The number of likely N-dealkylation sites (tertiary alicyclic amines) is 1. The number of hydrogen-bond donors (Lipinski definition) is 6. The lowest BCUT2D eigenvalue weighted by Crippen LogP contribution is -2.59. The van der Waals surface area contributed by atoms with E-state index in [4.69, 9.17) is 29.1 Å². The van der Waals surface area contributed by atoms with Gasteiger partial charge in [-0.3, -0.25) is 24.0 Å². The van der Waals surface area contributed by atoms with Crippen molar-refractivity contribution in [3.63, 3.8) is 0 Å². The molecule has 57 heavy (non-hydrogen) atoms. The van der Waals surface area contributed by atoms with Crippen molar-refractivity contribution in [3.05, 3.63) is 83.0 Å². The van der Waals surface area contributed by atoms with Gasteiger partial charge < -0.3 is 47.1 Å². The summed E-state index contributed by atoms with van der Waals surface area (Å²) in [6, 6.07) is 10.6. The molecule has 2 saturated heterocycles. The van der Waals surface area contributed by atoms with E-state index in [-0.39, 0.29) is 58.6 Å². The van der Waals surface area contributed by atoms with Crippen LogP contribution in [0.3, 0.4) is 0 Å². The zero-order valence-electron chi connectivity index (χ0n) is 32.8. The van der Waals surface area contributed by atoms with Gasteiger partial charge in [0.25, 0.3) is 5.91 Å². The Hall–Kier alpha value is -5.23. The van der Waals surface area contributed by atoms with Crippen LogP contribution in [-0.2, 0) is 20.0 Å². The Labute approximate surface area is 334 Å². The second kappa shape index (κ2) is 16.7. The molecule has 8 N–H and O–H groups in total. The number of fused-ring (bicyclic) bond motifs is 3. The minimum Gasteiger partial charge on any atom is -0.393 e. The molecule has 2 atom stereocenters. The van der Waals surface area contributed by atoms with E-state index in [0.717, 1.165) is 80.9 Å². The van der Waals surface area contributed by atoms with Crippen LogP contribution in [0.25, 0.3) is 11.1 Å². The number of nitrogens with zero attached hydrogens (tertiary/aromatic N) is 6. The van der Waals surface area contributed by atoms with Crippen molar-refractivity contribution in [2.75, 3.05) is 63.7 Å². The van der Waals surface area contributed by atoms with E-state index in [0.29, 0.717) is 25.1 Å². The summed E-state index contributed by atoms with van der Waals surface area (Å²) < 4.78 is 7.11. The Morgan fingerprint density at radius 1 is 1.05 bits per heavy atom. The van der Waals surface area contributed by atoms with Crippen molar-refractivity contribution < 1.29 is 24.2 Å². The summed E-state index contributed by atoms with van der Waals surface area (Å²) in [4.78, 5) is 47.2. The SMILES string of the molecule is CN1CCOCC1.[B]C(O)(c1cccc(C=O)n1)N1CC(n2ncc3c2C(CC)N(C)c2c(NC(/C=C(\N)NC(=O)C4CC4)=C(/N)C(=O)NC4CC4)cccc2-3)C1. The minimum absolute atomic E-state index is 0.0420. The summed E-state index contributed by atoms with van der Waals surface area (Å²) in [5.41, 5.74) is 16.0. The molecule has 4 fully saturated rings. The number of rotatable bonds is 12. The second-order valence-electron chi connectivity index (χ2n) is 15.5. The fraction of sp³-hybridized carbons (Fsp3) is 0.475.